The van der Waals surface area contributed by atoms with Crippen LogP contribution in [0.15, 0.2) is 76.7 Å². The van der Waals surface area contributed by atoms with Crippen molar-refractivity contribution in [1.29, 1.82) is 5.26 Å². The molecule has 0 spiro atoms. The van der Waals surface area contributed by atoms with Crippen molar-refractivity contribution in [3.63, 3.8) is 0 Å². The zero-order valence-electron chi connectivity index (χ0n) is 14.0. The number of nitrogens with zero attached hydrogens (tertiary/aromatic N) is 1. The van der Waals surface area contributed by atoms with E-state index in [9.17, 15) is 14.9 Å². The van der Waals surface area contributed by atoms with Gasteiger partial charge in [-0.2, -0.15) is 5.26 Å². The summed E-state index contributed by atoms with van der Waals surface area (Å²) in [6, 6.07) is 20.5. The molecule has 0 aliphatic carbocycles. The number of furan rings is 1. The number of benzene rings is 2. The first-order valence-corrected chi connectivity index (χ1v) is 7.98. The van der Waals surface area contributed by atoms with Crippen LogP contribution in [0.4, 0.5) is 5.69 Å². The fourth-order valence-corrected chi connectivity index (χ4v) is 2.41. The largest absolute Gasteiger partial charge is 0.478 e. The third-order valence-electron chi connectivity index (χ3n) is 3.70. The van der Waals surface area contributed by atoms with E-state index in [1.165, 1.54) is 24.3 Å². The third kappa shape index (κ3) is 4.30. The number of carboxylic acid groups (broad SMARTS) is 1. The van der Waals surface area contributed by atoms with Gasteiger partial charge in [-0.1, -0.05) is 36.4 Å². The number of hydrogen-bond acceptors (Lipinski definition) is 4. The molecule has 0 bridgehead atoms. The standard InChI is InChI=1S/C21H14N2O4/c22-13-16(20(24)23-17-8-4-7-15(11-17)21(25)26)12-18-9-10-19(27-18)14-5-2-1-3-6-14/h1-12H,(H,23,24)(H,25,26)/b16-12-. The third-order valence-corrected chi connectivity index (χ3v) is 3.70. The van der Waals surface area contributed by atoms with Crippen LogP contribution in [0, 0.1) is 11.3 Å². The molecule has 0 unspecified atom stereocenters. The summed E-state index contributed by atoms with van der Waals surface area (Å²) in [5, 5.41) is 20.8. The Bertz CT molecular complexity index is 1060. The molecule has 1 amide bonds. The SMILES string of the molecule is N#C/C(=C/c1ccc(-c2ccccc2)o1)C(=O)Nc1cccc(C(=O)O)c1. The van der Waals surface area contributed by atoms with Gasteiger partial charge in [-0.25, -0.2) is 4.79 Å². The van der Waals surface area contributed by atoms with Crippen molar-refractivity contribution in [2.24, 2.45) is 0 Å². The number of rotatable bonds is 5. The van der Waals surface area contributed by atoms with Gasteiger partial charge >= 0.3 is 5.97 Å². The summed E-state index contributed by atoms with van der Waals surface area (Å²) >= 11 is 0. The van der Waals surface area contributed by atoms with Gasteiger partial charge < -0.3 is 14.8 Å². The smallest absolute Gasteiger partial charge is 0.335 e. The molecule has 27 heavy (non-hydrogen) atoms. The van der Waals surface area contributed by atoms with Crippen LogP contribution in [-0.2, 0) is 4.79 Å². The lowest BCUT2D eigenvalue weighted by Gasteiger charge is -2.05. The number of nitrogens with one attached hydrogen (secondary N) is 1. The number of carbonyl (C=O) groups excluding carboxylic acids is 1. The topological polar surface area (TPSA) is 103 Å². The van der Waals surface area contributed by atoms with E-state index in [0.29, 0.717) is 11.5 Å². The lowest BCUT2D eigenvalue weighted by atomic mass is 10.2. The fourth-order valence-electron chi connectivity index (χ4n) is 2.41. The van der Waals surface area contributed by atoms with Gasteiger partial charge in [0.2, 0.25) is 0 Å². The van der Waals surface area contributed by atoms with Crippen LogP contribution >= 0.6 is 0 Å². The molecule has 0 aliphatic rings. The minimum atomic E-state index is -1.11. The second-order valence-corrected chi connectivity index (χ2v) is 5.58. The van der Waals surface area contributed by atoms with Gasteiger partial charge in [-0.15, -0.1) is 0 Å². The van der Waals surface area contributed by atoms with Gasteiger partial charge in [0.1, 0.15) is 23.2 Å². The average molecular weight is 358 g/mol. The van der Waals surface area contributed by atoms with Gasteiger partial charge in [-0.3, -0.25) is 4.79 Å². The fraction of sp³-hybridized carbons (Fsp3) is 0. The highest BCUT2D eigenvalue weighted by molar-refractivity contribution is 6.09. The molecular weight excluding hydrogens is 344 g/mol. The first-order chi connectivity index (χ1) is 13.1. The van der Waals surface area contributed by atoms with Crippen LogP contribution in [0.1, 0.15) is 16.1 Å². The molecule has 3 rings (SSSR count). The van der Waals surface area contributed by atoms with Gasteiger partial charge in [0.05, 0.1) is 5.56 Å². The Balaban J connectivity index is 1.79. The Kier molecular flexibility index (Phi) is 5.15. The van der Waals surface area contributed by atoms with Crippen LogP contribution in [0.25, 0.3) is 17.4 Å². The van der Waals surface area contributed by atoms with Gasteiger partial charge in [0, 0.05) is 17.3 Å². The first-order valence-electron chi connectivity index (χ1n) is 7.98. The molecule has 0 atom stereocenters. The number of anilines is 1. The summed E-state index contributed by atoms with van der Waals surface area (Å²) in [4.78, 5) is 23.3. The van der Waals surface area contributed by atoms with Crippen molar-refractivity contribution in [3.8, 4) is 17.4 Å². The lowest BCUT2D eigenvalue weighted by molar-refractivity contribution is -0.112. The second-order valence-electron chi connectivity index (χ2n) is 5.58. The van der Waals surface area contributed by atoms with Crippen molar-refractivity contribution < 1.29 is 19.1 Å². The highest BCUT2D eigenvalue weighted by Gasteiger charge is 2.12. The first kappa shape index (κ1) is 17.7. The van der Waals surface area contributed by atoms with E-state index in [-0.39, 0.29) is 16.8 Å². The summed E-state index contributed by atoms with van der Waals surface area (Å²) < 4.78 is 5.67. The van der Waals surface area contributed by atoms with Crippen LogP contribution in [0.2, 0.25) is 0 Å². The maximum atomic E-state index is 12.3. The molecule has 1 heterocycles. The van der Waals surface area contributed by atoms with E-state index in [4.69, 9.17) is 9.52 Å². The molecule has 0 saturated carbocycles. The monoisotopic (exact) mass is 358 g/mol. The number of nitriles is 1. The molecule has 6 nitrogen and oxygen atoms in total. The van der Waals surface area contributed by atoms with Gasteiger partial charge in [-0.05, 0) is 30.3 Å². The van der Waals surface area contributed by atoms with Crippen molar-refractivity contribution in [3.05, 3.63) is 83.6 Å². The molecule has 2 aromatic carbocycles. The summed E-state index contributed by atoms with van der Waals surface area (Å²) in [6.45, 7) is 0. The second kappa shape index (κ2) is 7.85. The molecule has 3 aromatic rings. The Morgan fingerprint density at radius 1 is 1.04 bits per heavy atom. The number of aromatic carboxylic acids is 1. The van der Waals surface area contributed by atoms with Gasteiger partial charge in [0.25, 0.3) is 5.91 Å². The quantitative estimate of drug-likeness (QED) is 0.526. The summed E-state index contributed by atoms with van der Waals surface area (Å²) in [7, 11) is 0. The number of carboxylic acids is 1. The predicted molar refractivity (Wildman–Crippen MR) is 99.8 cm³/mol. The van der Waals surface area contributed by atoms with Crippen LogP contribution < -0.4 is 5.32 Å². The Labute approximate surface area is 155 Å². The molecule has 0 radical (unpaired) electrons. The van der Waals surface area contributed by atoms with E-state index in [0.717, 1.165) is 5.56 Å². The van der Waals surface area contributed by atoms with Crippen molar-refractivity contribution in [1.82, 2.24) is 0 Å². The molecule has 1 aromatic heterocycles. The minimum Gasteiger partial charge on any atom is -0.478 e. The average Bonchev–Trinajstić information content (AvgIpc) is 3.15. The van der Waals surface area contributed by atoms with E-state index >= 15 is 0 Å². The maximum Gasteiger partial charge on any atom is 0.335 e. The number of amides is 1. The van der Waals surface area contributed by atoms with Crippen molar-refractivity contribution in [2.75, 3.05) is 5.32 Å². The number of hydrogen-bond donors (Lipinski definition) is 2. The molecule has 132 valence electrons. The minimum absolute atomic E-state index is 0.0359. The van der Waals surface area contributed by atoms with Crippen molar-refractivity contribution >= 4 is 23.6 Å². The van der Waals surface area contributed by atoms with Crippen LogP contribution in [0.3, 0.4) is 0 Å². The Morgan fingerprint density at radius 2 is 1.81 bits per heavy atom. The summed E-state index contributed by atoms with van der Waals surface area (Å²) in [5.74, 6) is -0.780. The zero-order chi connectivity index (χ0) is 19.2. The van der Waals surface area contributed by atoms with Crippen LogP contribution in [-0.4, -0.2) is 17.0 Å². The predicted octanol–water partition coefficient (Wildman–Crippen LogP) is 4.19. The molecule has 0 saturated heterocycles. The molecular formula is C21H14N2O4. The highest BCUT2D eigenvalue weighted by Crippen LogP contribution is 2.23. The summed E-state index contributed by atoms with van der Waals surface area (Å²) in [6.07, 6.45) is 1.34. The van der Waals surface area contributed by atoms with Crippen molar-refractivity contribution in [2.45, 2.75) is 0 Å². The normalized spacial score (nSPS) is 10.9. The van der Waals surface area contributed by atoms with E-state index in [1.54, 1.807) is 18.2 Å². The Hall–Kier alpha value is -4.11. The molecule has 2 N–H and O–H groups in total. The maximum absolute atomic E-state index is 12.3. The molecule has 6 heteroatoms. The lowest BCUT2D eigenvalue weighted by Crippen LogP contribution is -2.13. The van der Waals surface area contributed by atoms with E-state index in [2.05, 4.69) is 5.32 Å². The molecule has 0 aliphatic heterocycles. The van der Waals surface area contributed by atoms with E-state index < -0.39 is 11.9 Å². The highest BCUT2D eigenvalue weighted by atomic mass is 16.4. The summed E-state index contributed by atoms with van der Waals surface area (Å²) in [5.41, 5.74) is 1.04. The molecule has 0 fully saturated rings. The zero-order valence-corrected chi connectivity index (χ0v) is 14.0. The van der Waals surface area contributed by atoms with E-state index in [1.807, 2.05) is 36.4 Å². The number of carbonyl (C=O) groups is 2. The van der Waals surface area contributed by atoms with Gasteiger partial charge in [0.15, 0.2) is 0 Å². The Morgan fingerprint density at radius 3 is 2.52 bits per heavy atom. The van der Waals surface area contributed by atoms with Crippen LogP contribution in [0.5, 0.6) is 0 Å².